The Bertz CT molecular complexity index is 478. The van der Waals surface area contributed by atoms with Crippen LogP contribution in [0.3, 0.4) is 0 Å². The van der Waals surface area contributed by atoms with Crippen LogP contribution in [0.5, 0.6) is 0 Å². The summed E-state index contributed by atoms with van der Waals surface area (Å²) in [6, 6.07) is 9.02. The minimum atomic E-state index is -0.134. The number of amides is 1. The smallest absolute Gasteiger partial charge is 0.229 e. The topological polar surface area (TPSA) is 78.9 Å². The average Bonchev–Trinajstić information content (AvgIpc) is 2.39. The summed E-state index contributed by atoms with van der Waals surface area (Å²) in [6.07, 6.45) is 3.88. The molecule has 4 nitrogen and oxygen atoms in total. The number of anilines is 1. The zero-order valence-corrected chi connectivity index (χ0v) is 10.2. The molecule has 1 aliphatic rings. The van der Waals surface area contributed by atoms with E-state index in [4.69, 9.17) is 11.0 Å². The van der Waals surface area contributed by atoms with Crippen LogP contribution < -0.4 is 11.1 Å². The summed E-state index contributed by atoms with van der Waals surface area (Å²) in [5.74, 6) is -0.199. The molecule has 0 aliphatic heterocycles. The minimum Gasteiger partial charge on any atom is -0.327 e. The summed E-state index contributed by atoms with van der Waals surface area (Å²) in [7, 11) is 0. The van der Waals surface area contributed by atoms with Gasteiger partial charge in [0.2, 0.25) is 5.91 Å². The molecule has 1 aromatic carbocycles. The number of nitrogens with one attached hydrogen (secondary N) is 1. The number of hydrogen-bond acceptors (Lipinski definition) is 3. The van der Waals surface area contributed by atoms with Crippen LogP contribution in [0, 0.1) is 17.2 Å². The maximum absolute atomic E-state index is 12.1. The van der Waals surface area contributed by atoms with Crippen molar-refractivity contribution in [3.8, 4) is 6.07 Å². The van der Waals surface area contributed by atoms with Gasteiger partial charge in [-0.1, -0.05) is 25.0 Å². The van der Waals surface area contributed by atoms with E-state index in [2.05, 4.69) is 11.4 Å². The summed E-state index contributed by atoms with van der Waals surface area (Å²) in [6.45, 7) is 0. The van der Waals surface area contributed by atoms with Crippen LogP contribution in [-0.4, -0.2) is 11.9 Å². The molecule has 0 aromatic heterocycles. The van der Waals surface area contributed by atoms with E-state index < -0.39 is 0 Å². The van der Waals surface area contributed by atoms with Gasteiger partial charge in [0.25, 0.3) is 0 Å². The highest BCUT2D eigenvalue weighted by Crippen LogP contribution is 2.25. The Morgan fingerprint density at radius 2 is 2.06 bits per heavy atom. The molecule has 0 radical (unpaired) electrons. The largest absolute Gasteiger partial charge is 0.327 e. The number of carbonyl (C=O) groups excluding carboxylic acids is 1. The number of hydrogen-bond donors (Lipinski definition) is 2. The predicted octanol–water partition coefficient (Wildman–Crippen LogP) is 2.01. The number of nitrogens with zero attached hydrogens (tertiary/aromatic N) is 1. The SMILES string of the molecule is N#Cc1ccccc1NC(=O)C1CCCCC1N. The second-order valence-electron chi connectivity index (χ2n) is 4.70. The monoisotopic (exact) mass is 243 g/mol. The fraction of sp³-hybridized carbons (Fsp3) is 0.429. The van der Waals surface area contributed by atoms with Crippen LogP contribution in [0.15, 0.2) is 24.3 Å². The lowest BCUT2D eigenvalue weighted by Crippen LogP contribution is -2.40. The number of carbonyl (C=O) groups is 1. The predicted molar refractivity (Wildman–Crippen MR) is 69.7 cm³/mol. The van der Waals surface area contributed by atoms with Gasteiger partial charge >= 0.3 is 0 Å². The van der Waals surface area contributed by atoms with Crippen LogP contribution in [0.4, 0.5) is 5.69 Å². The molecular formula is C14H17N3O. The number of nitriles is 1. The highest BCUT2D eigenvalue weighted by molar-refractivity contribution is 5.94. The van der Waals surface area contributed by atoms with Crippen molar-refractivity contribution in [3.63, 3.8) is 0 Å². The van der Waals surface area contributed by atoms with Gasteiger partial charge in [-0.2, -0.15) is 5.26 Å². The zero-order valence-electron chi connectivity index (χ0n) is 10.2. The van der Waals surface area contributed by atoms with Crippen molar-refractivity contribution in [1.29, 1.82) is 5.26 Å². The molecule has 0 heterocycles. The van der Waals surface area contributed by atoms with E-state index in [0.717, 1.165) is 25.7 Å². The molecule has 4 heteroatoms. The first-order valence-electron chi connectivity index (χ1n) is 6.28. The number of para-hydroxylation sites is 1. The second-order valence-corrected chi connectivity index (χ2v) is 4.70. The Morgan fingerprint density at radius 3 is 2.78 bits per heavy atom. The number of nitrogens with two attached hydrogens (primary N) is 1. The molecule has 1 aliphatic carbocycles. The molecule has 0 spiro atoms. The summed E-state index contributed by atoms with van der Waals surface area (Å²) in [4.78, 5) is 12.1. The van der Waals surface area contributed by atoms with Gasteiger partial charge < -0.3 is 11.1 Å². The second kappa shape index (κ2) is 5.65. The van der Waals surface area contributed by atoms with E-state index in [1.165, 1.54) is 0 Å². The molecule has 3 N–H and O–H groups in total. The maximum atomic E-state index is 12.1. The van der Waals surface area contributed by atoms with Crippen molar-refractivity contribution in [1.82, 2.24) is 0 Å². The van der Waals surface area contributed by atoms with Crippen LogP contribution in [0.1, 0.15) is 31.2 Å². The number of benzene rings is 1. The highest BCUT2D eigenvalue weighted by atomic mass is 16.1. The molecule has 1 fully saturated rings. The van der Waals surface area contributed by atoms with Crippen molar-refractivity contribution < 1.29 is 4.79 Å². The fourth-order valence-electron chi connectivity index (χ4n) is 2.40. The van der Waals surface area contributed by atoms with E-state index in [9.17, 15) is 4.79 Å². The minimum absolute atomic E-state index is 0.0620. The molecule has 2 atom stereocenters. The molecular weight excluding hydrogens is 226 g/mol. The normalized spacial score (nSPS) is 23.1. The molecule has 18 heavy (non-hydrogen) atoms. The highest BCUT2D eigenvalue weighted by Gasteiger charge is 2.28. The Hall–Kier alpha value is -1.86. The summed E-state index contributed by atoms with van der Waals surface area (Å²) < 4.78 is 0. The van der Waals surface area contributed by atoms with Crippen molar-refractivity contribution in [2.45, 2.75) is 31.7 Å². The third-order valence-corrected chi connectivity index (χ3v) is 3.46. The van der Waals surface area contributed by atoms with Gasteiger partial charge in [-0.15, -0.1) is 0 Å². The van der Waals surface area contributed by atoms with Gasteiger partial charge in [-0.05, 0) is 25.0 Å². The van der Waals surface area contributed by atoms with Gasteiger partial charge in [-0.3, -0.25) is 4.79 Å². The Kier molecular flexibility index (Phi) is 3.96. The molecule has 1 saturated carbocycles. The Labute approximate surface area is 107 Å². The quantitative estimate of drug-likeness (QED) is 0.834. The molecule has 1 amide bonds. The van der Waals surface area contributed by atoms with E-state index in [1.54, 1.807) is 24.3 Å². The van der Waals surface area contributed by atoms with Crippen molar-refractivity contribution >= 4 is 11.6 Å². The van der Waals surface area contributed by atoms with Gasteiger partial charge in [0, 0.05) is 6.04 Å². The van der Waals surface area contributed by atoms with Crippen molar-refractivity contribution in [3.05, 3.63) is 29.8 Å². The maximum Gasteiger partial charge on any atom is 0.229 e. The third-order valence-electron chi connectivity index (χ3n) is 3.46. The van der Waals surface area contributed by atoms with Gasteiger partial charge in [-0.25, -0.2) is 0 Å². The summed E-state index contributed by atoms with van der Waals surface area (Å²) in [5.41, 5.74) is 7.03. The molecule has 0 saturated heterocycles. The molecule has 2 rings (SSSR count). The molecule has 1 aromatic rings. The third kappa shape index (κ3) is 2.69. The van der Waals surface area contributed by atoms with Gasteiger partial charge in [0.1, 0.15) is 6.07 Å². The first-order valence-corrected chi connectivity index (χ1v) is 6.28. The molecule has 2 unspecified atom stereocenters. The van der Waals surface area contributed by atoms with Crippen molar-refractivity contribution in [2.75, 3.05) is 5.32 Å². The molecule has 94 valence electrons. The van der Waals surface area contributed by atoms with E-state index >= 15 is 0 Å². The zero-order chi connectivity index (χ0) is 13.0. The van der Waals surface area contributed by atoms with E-state index in [1.807, 2.05) is 0 Å². The number of rotatable bonds is 2. The lowest BCUT2D eigenvalue weighted by molar-refractivity contribution is -0.121. The van der Waals surface area contributed by atoms with E-state index in [0.29, 0.717) is 11.3 Å². The first-order chi connectivity index (χ1) is 8.72. The van der Waals surface area contributed by atoms with Gasteiger partial charge in [0.15, 0.2) is 0 Å². The van der Waals surface area contributed by atoms with E-state index in [-0.39, 0.29) is 17.9 Å². The Balaban J connectivity index is 2.09. The van der Waals surface area contributed by atoms with Crippen LogP contribution >= 0.6 is 0 Å². The summed E-state index contributed by atoms with van der Waals surface area (Å²) in [5, 5.41) is 11.8. The standard InChI is InChI=1S/C14H17N3O/c15-9-10-5-1-4-8-13(10)17-14(18)11-6-2-3-7-12(11)16/h1,4-5,8,11-12H,2-3,6-7,16H2,(H,17,18). The fourth-order valence-corrected chi connectivity index (χ4v) is 2.40. The molecule has 0 bridgehead atoms. The van der Waals surface area contributed by atoms with Crippen molar-refractivity contribution in [2.24, 2.45) is 11.7 Å². The lowest BCUT2D eigenvalue weighted by atomic mass is 9.84. The van der Waals surface area contributed by atoms with Gasteiger partial charge in [0.05, 0.1) is 17.2 Å². The Morgan fingerprint density at radius 1 is 1.33 bits per heavy atom. The summed E-state index contributed by atoms with van der Waals surface area (Å²) >= 11 is 0. The van der Waals surface area contributed by atoms with Crippen LogP contribution in [0.2, 0.25) is 0 Å². The van der Waals surface area contributed by atoms with Crippen LogP contribution in [-0.2, 0) is 4.79 Å². The average molecular weight is 243 g/mol. The van der Waals surface area contributed by atoms with Crippen LogP contribution in [0.25, 0.3) is 0 Å². The first kappa shape index (κ1) is 12.6. The lowest BCUT2D eigenvalue weighted by Gasteiger charge is -2.27.